The fourth-order valence-corrected chi connectivity index (χ4v) is 3.14. The van der Waals surface area contributed by atoms with Crippen molar-refractivity contribution in [2.75, 3.05) is 26.7 Å². The lowest BCUT2D eigenvalue weighted by molar-refractivity contribution is 0.0278. The Kier molecular flexibility index (Phi) is 4.62. The van der Waals surface area contributed by atoms with Gasteiger partial charge < -0.3 is 10.1 Å². The van der Waals surface area contributed by atoms with Gasteiger partial charge in [0.25, 0.3) is 0 Å². The van der Waals surface area contributed by atoms with Crippen LogP contribution in [0.5, 0.6) is 0 Å². The minimum atomic E-state index is 0.505. The summed E-state index contributed by atoms with van der Waals surface area (Å²) in [5, 5.41) is 3.57. The van der Waals surface area contributed by atoms with Gasteiger partial charge >= 0.3 is 0 Å². The zero-order chi connectivity index (χ0) is 11.4. The lowest BCUT2D eigenvalue weighted by atomic mass is 9.91. The average molecular weight is 226 g/mol. The normalized spacial score (nSPS) is 38.2. The van der Waals surface area contributed by atoms with Crippen molar-refractivity contribution < 1.29 is 4.74 Å². The van der Waals surface area contributed by atoms with E-state index in [2.05, 4.69) is 17.1 Å². The Morgan fingerprint density at radius 2 is 2.12 bits per heavy atom. The molecule has 3 heteroatoms. The van der Waals surface area contributed by atoms with Crippen LogP contribution in [-0.4, -0.2) is 49.8 Å². The average Bonchev–Trinajstić information content (AvgIpc) is 2.54. The van der Waals surface area contributed by atoms with Gasteiger partial charge in [-0.1, -0.05) is 0 Å². The number of ether oxygens (including phenoxy) is 1. The summed E-state index contributed by atoms with van der Waals surface area (Å²) in [6, 6.07) is 1.41. The third-order valence-corrected chi connectivity index (χ3v) is 4.07. The van der Waals surface area contributed by atoms with Crippen LogP contribution >= 0.6 is 0 Å². The van der Waals surface area contributed by atoms with Gasteiger partial charge in [0.2, 0.25) is 0 Å². The minimum Gasteiger partial charge on any atom is -0.381 e. The molecule has 1 N–H and O–H groups in total. The zero-order valence-electron chi connectivity index (χ0n) is 10.7. The van der Waals surface area contributed by atoms with Gasteiger partial charge in [0.05, 0.1) is 6.10 Å². The second-order valence-corrected chi connectivity index (χ2v) is 5.38. The number of nitrogens with zero attached hydrogens (tertiary/aromatic N) is 1. The van der Waals surface area contributed by atoms with Crippen LogP contribution in [0.25, 0.3) is 0 Å². The Hall–Kier alpha value is -0.120. The molecule has 0 aromatic carbocycles. The summed E-state index contributed by atoms with van der Waals surface area (Å²) in [7, 11) is 1.86. The lowest BCUT2D eigenvalue weighted by Gasteiger charge is -2.37. The van der Waals surface area contributed by atoms with Crippen molar-refractivity contribution in [1.82, 2.24) is 10.2 Å². The summed E-state index contributed by atoms with van der Waals surface area (Å²) in [6.07, 6.45) is 7.00. The first kappa shape index (κ1) is 12.3. The van der Waals surface area contributed by atoms with Gasteiger partial charge in [-0.3, -0.25) is 4.90 Å². The maximum absolute atomic E-state index is 5.53. The van der Waals surface area contributed by atoms with Crippen LogP contribution in [0.3, 0.4) is 0 Å². The molecule has 0 aromatic rings. The first-order chi connectivity index (χ1) is 7.79. The molecular weight excluding hydrogens is 200 g/mol. The molecule has 3 nitrogen and oxygen atoms in total. The molecule has 0 bridgehead atoms. The molecule has 16 heavy (non-hydrogen) atoms. The summed E-state index contributed by atoms with van der Waals surface area (Å²) in [6.45, 7) is 5.95. The molecule has 0 spiro atoms. The Bertz CT molecular complexity index is 210. The standard InChI is InChI=1S/C13H26N2O/c1-11-10-15(8-4-7-14-11)12-5-3-6-13(9-12)16-2/h11-14H,3-10H2,1-2H3. The molecule has 2 aliphatic rings. The summed E-state index contributed by atoms with van der Waals surface area (Å²) < 4.78 is 5.53. The molecule has 0 radical (unpaired) electrons. The highest BCUT2D eigenvalue weighted by molar-refractivity contribution is 4.84. The van der Waals surface area contributed by atoms with E-state index in [1.54, 1.807) is 0 Å². The third kappa shape index (κ3) is 3.19. The molecule has 3 unspecified atom stereocenters. The van der Waals surface area contributed by atoms with E-state index in [0.29, 0.717) is 12.1 Å². The molecule has 3 atom stereocenters. The summed E-state index contributed by atoms with van der Waals surface area (Å²) >= 11 is 0. The van der Waals surface area contributed by atoms with E-state index in [0.717, 1.165) is 6.04 Å². The number of hydrogen-bond donors (Lipinski definition) is 1. The van der Waals surface area contributed by atoms with Gasteiger partial charge in [-0.2, -0.15) is 0 Å². The van der Waals surface area contributed by atoms with Crippen LogP contribution in [0.4, 0.5) is 0 Å². The van der Waals surface area contributed by atoms with E-state index in [9.17, 15) is 0 Å². The molecule has 1 saturated heterocycles. The van der Waals surface area contributed by atoms with E-state index >= 15 is 0 Å². The van der Waals surface area contributed by atoms with E-state index in [1.807, 2.05) is 7.11 Å². The van der Waals surface area contributed by atoms with Gasteiger partial charge in [-0.25, -0.2) is 0 Å². The number of hydrogen-bond acceptors (Lipinski definition) is 3. The third-order valence-electron chi connectivity index (χ3n) is 4.07. The van der Waals surface area contributed by atoms with E-state index in [1.165, 1.54) is 51.7 Å². The minimum absolute atomic E-state index is 0.505. The zero-order valence-corrected chi connectivity index (χ0v) is 10.7. The second-order valence-electron chi connectivity index (χ2n) is 5.38. The Morgan fingerprint density at radius 1 is 1.25 bits per heavy atom. The van der Waals surface area contributed by atoms with Crippen LogP contribution < -0.4 is 5.32 Å². The van der Waals surface area contributed by atoms with Crippen molar-refractivity contribution in [3.8, 4) is 0 Å². The quantitative estimate of drug-likeness (QED) is 0.774. The molecular formula is C13H26N2O. The fourth-order valence-electron chi connectivity index (χ4n) is 3.14. The number of nitrogens with one attached hydrogen (secondary N) is 1. The maximum atomic E-state index is 5.53. The van der Waals surface area contributed by atoms with Crippen LogP contribution in [-0.2, 0) is 4.74 Å². The predicted molar refractivity (Wildman–Crippen MR) is 66.7 cm³/mol. The molecule has 1 aliphatic carbocycles. The highest BCUT2D eigenvalue weighted by Gasteiger charge is 2.28. The summed E-state index contributed by atoms with van der Waals surface area (Å²) in [5.74, 6) is 0. The Balaban J connectivity index is 1.89. The van der Waals surface area contributed by atoms with Gasteiger partial charge in [0.15, 0.2) is 0 Å². The highest BCUT2D eigenvalue weighted by atomic mass is 16.5. The maximum Gasteiger partial charge on any atom is 0.0586 e. The second kappa shape index (κ2) is 5.99. The van der Waals surface area contributed by atoms with Crippen molar-refractivity contribution in [3.05, 3.63) is 0 Å². The molecule has 2 fully saturated rings. The predicted octanol–water partition coefficient (Wildman–Crippen LogP) is 1.63. The van der Waals surface area contributed by atoms with Crippen molar-refractivity contribution in [1.29, 1.82) is 0 Å². The van der Waals surface area contributed by atoms with Crippen molar-refractivity contribution in [2.24, 2.45) is 0 Å². The Morgan fingerprint density at radius 3 is 2.94 bits per heavy atom. The fraction of sp³-hybridized carbons (Fsp3) is 1.00. The van der Waals surface area contributed by atoms with Gasteiger partial charge in [0.1, 0.15) is 0 Å². The molecule has 1 saturated carbocycles. The lowest BCUT2D eigenvalue weighted by Crippen LogP contribution is -2.44. The number of methoxy groups -OCH3 is 1. The Labute approximate surface area is 99.5 Å². The van der Waals surface area contributed by atoms with Crippen LogP contribution in [0, 0.1) is 0 Å². The van der Waals surface area contributed by atoms with E-state index in [4.69, 9.17) is 4.74 Å². The molecule has 0 aromatic heterocycles. The van der Waals surface area contributed by atoms with Crippen molar-refractivity contribution in [2.45, 2.75) is 57.2 Å². The van der Waals surface area contributed by atoms with Crippen LogP contribution in [0.15, 0.2) is 0 Å². The number of rotatable bonds is 2. The summed E-state index contributed by atoms with van der Waals surface area (Å²) in [5.41, 5.74) is 0. The van der Waals surface area contributed by atoms with Gasteiger partial charge in [-0.15, -0.1) is 0 Å². The first-order valence-corrected chi connectivity index (χ1v) is 6.80. The highest BCUT2D eigenvalue weighted by Crippen LogP contribution is 2.25. The molecule has 94 valence electrons. The topological polar surface area (TPSA) is 24.5 Å². The molecule has 1 heterocycles. The smallest absolute Gasteiger partial charge is 0.0586 e. The van der Waals surface area contributed by atoms with Gasteiger partial charge in [-0.05, 0) is 52.1 Å². The largest absolute Gasteiger partial charge is 0.381 e. The first-order valence-electron chi connectivity index (χ1n) is 6.80. The van der Waals surface area contributed by atoms with Crippen molar-refractivity contribution in [3.63, 3.8) is 0 Å². The molecule has 2 rings (SSSR count). The summed E-state index contributed by atoms with van der Waals surface area (Å²) in [4.78, 5) is 2.69. The van der Waals surface area contributed by atoms with E-state index in [-0.39, 0.29) is 0 Å². The molecule has 1 aliphatic heterocycles. The van der Waals surface area contributed by atoms with Crippen LogP contribution in [0.2, 0.25) is 0 Å². The SMILES string of the molecule is COC1CCCC(N2CCCNC(C)C2)C1. The van der Waals surface area contributed by atoms with Crippen LogP contribution in [0.1, 0.15) is 39.0 Å². The van der Waals surface area contributed by atoms with Crippen molar-refractivity contribution >= 4 is 0 Å². The monoisotopic (exact) mass is 226 g/mol. The molecule has 0 amide bonds. The van der Waals surface area contributed by atoms with Gasteiger partial charge in [0, 0.05) is 25.7 Å². The van der Waals surface area contributed by atoms with E-state index < -0.39 is 0 Å².